The molecule has 1 fully saturated rings. The van der Waals surface area contributed by atoms with E-state index >= 15 is 0 Å². The van der Waals surface area contributed by atoms with E-state index < -0.39 is 5.97 Å². The third-order valence-corrected chi connectivity index (χ3v) is 3.39. The molecule has 0 spiro atoms. The number of benzene rings is 1. The van der Waals surface area contributed by atoms with Crippen LogP contribution in [0.15, 0.2) is 24.3 Å². The highest BCUT2D eigenvalue weighted by atomic mass is 16.4. The fraction of sp³-hybridized carbons (Fsp3) is 0.500. The lowest BCUT2D eigenvalue weighted by molar-refractivity contribution is -0.141. The van der Waals surface area contributed by atoms with E-state index in [0.717, 1.165) is 11.1 Å². The molecule has 1 aromatic carbocycles. The first-order valence-electron chi connectivity index (χ1n) is 6.29. The molecular weight excluding hydrogens is 230 g/mol. The molecule has 4 nitrogen and oxygen atoms in total. The Morgan fingerprint density at radius 3 is 2.61 bits per heavy atom. The van der Waals surface area contributed by atoms with E-state index in [2.05, 4.69) is 5.32 Å². The zero-order valence-electron chi connectivity index (χ0n) is 10.5. The zero-order valence-corrected chi connectivity index (χ0v) is 10.5. The number of hydrogen-bond donors (Lipinski definition) is 3. The molecule has 1 saturated heterocycles. The van der Waals surface area contributed by atoms with Crippen molar-refractivity contribution in [2.45, 2.75) is 31.9 Å². The number of rotatable bonds is 4. The average molecular weight is 249 g/mol. The zero-order chi connectivity index (χ0) is 13.1. The van der Waals surface area contributed by atoms with Crippen molar-refractivity contribution < 1.29 is 15.0 Å². The molecule has 0 aromatic heterocycles. The summed E-state index contributed by atoms with van der Waals surface area (Å²) in [6, 6.07) is 8.15. The molecule has 3 atom stereocenters. The summed E-state index contributed by atoms with van der Waals surface area (Å²) in [5.74, 6) is -1.01. The van der Waals surface area contributed by atoms with E-state index in [0.29, 0.717) is 19.4 Å². The van der Waals surface area contributed by atoms with Gasteiger partial charge in [-0.05, 0) is 30.9 Å². The van der Waals surface area contributed by atoms with E-state index in [1.165, 1.54) is 0 Å². The Hall–Kier alpha value is -1.39. The Morgan fingerprint density at radius 1 is 1.44 bits per heavy atom. The lowest BCUT2D eigenvalue weighted by Gasteiger charge is -2.12. The van der Waals surface area contributed by atoms with Gasteiger partial charge >= 0.3 is 5.97 Å². The van der Waals surface area contributed by atoms with Gasteiger partial charge in [0.05, 0.1) is 12.0 Å². The third-order valence-electron chi connectivity index (χ3n) is 3.39. The first-order valence-corrected chi connectivity index (χ1v) is 6.29. The molecule has 0 amide bonds. The van der Waals surface area contributed by atoms with Crippen molar-refractivity contribution in [3.8, 4) is 0 Å². The van der Waals surface area contributed by atoms with Gasteiger partial charge in [0, 0.05) is 12.6 Å². The van der Waals surface area contributed by atoms with Gasteiger partial charge in [-0.25, -0.2) is 0 Å². The Kier molecular flexibility index (Phi) is 3.99. The highest BCUT2D eigenvalue weighted by Crippen LogP contribution is 2.27. The maximum absolute atomic E-state index is 10.9. The van der Waals surface area contributed by atoms with Crippen LogP contribution < -0.4 is 5.32 Å². The summed E-state index contributed by atoms with van der Waals surface area (Å²) in [6.45, 7) is 2.30. The number of carbonyl (C=O) groups is 1. The number of hydrogen-bond acceptors (Lipinski definition) is 3. The molecule has 1 aliphatic heterocycles. The minimum absolute atomic E-state index is 0.131. The van der Waals surface area contributed by atoms with Crippen LogP contribution in [0.4, 0.5) is 0 Å². The number of aliphatic hydroxyl groups excluding tert-OH is 1. The number of nitrogens with one attached hydrogen (secondary N) is 1. The van der Waals surface area contributed by atoms with Gasteiger partial charge in [-0.1, -0.05) is 24.3 Å². The molecule has 3 N–H and O–H groups in total. The number of aliphatic hydroxyl groups is 1. The smallest absolute Gasteiger partial charge is 0.307 e. The quantitative estimate of drug-likeness (QED) is 0.753. The molecule has 18 heavy (non-hydrogen) atoms. The molecule has 0 bridgehead atoms. The highest BCUT2D eigenvalue weighted by molar-refractivity contribution is 5.70. The molecule has 1 aliphatic rings. The van der Waals surface area contributed by atoms with Crippen LogP contribution in [-0.2, 0) is 11.2 Å². The maximum Gasteiger partial charge on any atom is 0.307 e. The van der Waals surface area contributed by atoms with Crippen LogP contribution in [-0.4, -0.2) is 28.8 Å². The van der Waals surface area contributed by atoms with E-state index in [-0.39, 0.29) is 18.1 Å². The molecular formula is C14H19NO3. The lowest BCUT2D eigenvalue weighted by atomic mass is 9.98. The van der Waals surface area contributed by atoms with Crippen molar-refractivity contribution in [2.24, 2.45) is 5.92 Å². The van der Waals surface area contributed by atoms with Gasteiger partial charge in [0.1, 0.15) is 0 Å². The van der Waals surface area contributed by atoms with Crippen molar-refractivity contribution >= 4 is 5.97 Å². The first-order chi connectivity index (χ1) is 8.56. The Bertz CT molecular complexity index is 414. The van der Waals surface area contributed by atoms with Gasteiger partial charge in [0.2, 0.25) is 0 Å². The van der Waals surface area contributed by atoms with Gasteiger partial charge in [-0.2, -0.15) is 0 Å². The van der Waals surface area contributed by atoms with Crippen LogP contribution in [0.3, 0.4) is 0 Å². The second-order valence-electron chi connectivity index (χ2n) is 5.03. The van der Waals surface area contributed by atoms with Crippen molar-refractivity contribution in [1.29, 1.82) is 0 Å². The Morgan fingerprint density at radius 2 is 2.11 bits per heavy atom. The van der Waals surface area contributed by atoms with Gasteiger partial charge in [0.25, 0.3) is 0 Å². The molecule has 3 unspecified atom stereocenters. The third kappa shape index (κ3) is 3.09. The van der Waals surface area contributed by atoms with Crippen molar-refractivity contribution in [3.05, 3.63) is 35.4 Å². The SMILES string of the molecule is CC(O)Cc1ccc(C2CC(C(=O)O)CN2)cc1. The molecule has 1 heterocycles. The fourth-order valence-electron chi connectivity index (χ4n) is 2.40. The Balaban J connectivity index is 2.00. The van der Waals surface area contributed by atoms with Gasteiger partial charge < -0.3 is 15.5 Å². The first kappa shape index (κ1) is 13.1. The molecule has 4 heteroatoms. The predicted octanol–water partition coefficient (Wildman–Crippen LogP) is 1.35. The van der Waals surface area contributed by atoms with Gasteiger partial charge in [-0.3, -0.25) is 4.79 Å². The molecule has 1 aromatic rings. The topological polar surface area (TPSA) is 69.6 Å². The molecule has 2 rings (SSSR count). The number of carboxylic acids is 1. The number of carboxylic acid groups (broad SMARTS) is 1. The van der Waals surface area contributed by atoms with Crippen LogP contribution in [0.2, 0.25) is 0 Å². The fourth-order valence-corrected chi connectivity index (χ4v) is 2.40. The predicted molar refractivity (Wildman–Crippen MR) is 68.3 cm³/mol. The summed E-state index contributed by atoms with van der Waals surface area (Å²) in [4.78, 5) is 10.9. The molecule has 0 radical (unpaired) electrons. The van der Waals surface area contributed by atoms with Crippen LogP contribution >= 0.6 is 0 Å². The minimum atomic E-state index is -0.726. The monoisotopic (exact) mass is 249 g/mol. The largest absolute Gasteiger partial charge is 0.481 e. The lowest BCUT2D eigenvalue weighted by Crippen LogP contribution is -2.17. The summed E-state index contributed by atoms with van der Waals surface area (Å²) in [7, 11) is 0. The van der Waals surface area contributed by atoms with Crippen molar-refractivity contribution in [1.82, 2.24) is 5.32 Å². The average Bonchev–Trinajstić information content (AvgIpc) is 2.78. The van der Waals surface area contributed by atoms with Crippen LogP contribution in [0.1, 0.15) is 30.5 Å². The van der Waals surface area contributed by atoms with Crippen molar-refractivity contribution in [2.75, 3.05) is 6.54 Å². The summed E-state index contributed by atoms with van der Waals surface area (Å²) in [5, 5.41) is 21.5. The highest BCUT2D eigenvalue weighted by Gasteiger charge is 2.29. The normalized spacial score (nSPS) is 25.0. The standard InChI is InChI=1S/C14H19NO3/c1-9(16)6-10-2-4-11(5-3-10)13-7-12(8-15-13)14(17)18/h2-5,9,12-13,15-16H,6-8H2,1H3,(H,17,18). The van der Waals surface area contributed by atoms with E-state index in [1.54, 1.807) is 6.92 Å². The Labute approximate surface area is 107 Å². The molecule has 0 aliphatic carbocycles. The second-order valence-corrected chi connectivity index (χ2v) is 5.03. The summed E-state index contributed by atoms with van der Waals surface area (Å²) in [6.07, 6.45) is 0.957. The summed E-state index contributed by atoms with van der Waals surface area (Å²) in [5.41, 5.74) is 2.22. The van der Waals surface area contributed by atoms with E-state index in [1.807, 2.05) is 24.3 Å². The van der Waals surface area contributed by atoms with Crippen LogP contribution in [0, 0.1) is 5.92 Å². The molecule has 98 valence electrons. The van der Waals surface area contributed by atoms with Crippen molar-refractivity contribution in [3.63, 3.8) is 0 Å². The second kappa shape index (κ2) is 5.50. The maximum atomic E-state index is 10.9. The number of aliphatic carboxylic acids is 1. The van der Waals surface area contributed by atoms with Gasteiger partial charge in [-0.15, -0.1) is 0 Å². The van der Waals surface area contributed by atoms with Gasteiger partial charge in [0.15, 0.2) is 0 Å². The molecule has 0 saturated carbocycles. The summed E-state index contributed by atoms with van der Waals surface area (Å²) < 4.78 is 0. The van der Waals surface area contributed by atoms with Crippen LogP contribution in [0.25, 0.3) is 0 Å². The van der Waals surface area contributed by atoms with Crippen LogP contribution in [0.5, 0.6) is 0 Å². The van der Waals surface area contributed by atoms with E-state index in [4.69, 9.17) is 5.11 Å². The summed E-state index contributed by atoms with van der Waals surface area (Å²) >= 11 is 0. The minimum Gasteiger partial charge on any atom is -0.481 e. The van der Waals surface area contributed by atoms with E-state index in [9.17, 15) is 9.90 Å².